The van der Waals surface area contributed by atoms with Gasteiger partial charge in [0, 0.05) is 13.0 Å². The van der Waals surface area contributed by atoms with Crippen LogP contribution in [0.2, 0.25) is 0 Å². The van der Waals surface area contributed by atoms with E-state index in [9.17, 15) is 18.4 Å². The van der Waals surface area contributed by atoms with E-state index in [1.165, 1.54) is 6.07 Å². The Bertz CT molecular complexity index is 449. The number of carboxylic acid groups (broad SMARTS) is 1. The Morgan fingerprint density at radius 2 is 1.94 bits per heavy atom. The Hall–Kier alpha value is -1.98. The van der Waals surface area contributed by atoms with Crippen molar-refractivity contribution in [1.29, 1.82) is 0 Å². The molecule has 1 aromatic carbocycles. The molecule has 18 heavy (non-hydrogen) atoms. The van der Waals surface area contributed by atoms with Crippen LogP contribution >= 0.6 is 0 Å². The highest BCUT2D eigenvalue weighted by molar-refractivity contribution is 5.78. The van der Waals surface area contributed by atoms with Crippen LogP contribution in [-0.2, 0) is 16.0 Å². The first-order valence-electron chi connectivity index (χ1n) is 5.41. The highest BCUT2D eigenvalue weighted by atomic mass is 19.2. The fourth-order valence-electron chi connectivity index (χ4n) is 1.36. The van der Waals surface area contributed by atoms with Crippen LogP contribution in [0.4, 0.5) is 8.78 Å². The van der Waals surface area contributed by atoms with Crippen LogP contribution in [0.1, 0.15) is 18.4 Å². The van der Waals surface area contributed by atoms with Crippen LogP contribution in [0.25, 0.3) is 0 Å². The van der Waals surface area contributed by atoms with Gasteiger partial charge in [0.25, 0.3) is 0 Å². The van der Waals surface area contributed by atoms with Crippen molar-refractivity contribution in [1.82, 2.24) is 5.32 Å². The Labute approximate surface area is 103 Å². The number of carboxylic acids is 1. The molecule has 0 fully saturated rings. The maximum atomic E-state index is 12.9. The van der Waals surface area contributed by atoms with Crippen molar-refractivity contribution < 1.29 is 23.5 Å². The first-order valence-corrected chi connectivity index (χ1v) is 5.41. The van der Waals surface area contributed by atoms with Gasteiger partial charge in [0.15, 0.2) is 11.6 Å². The third kappa shape index (κ3) is 4.90. The molecule has 0 aliphatic rings. The largest absolute Gasteiger partial charge is 0.481 e. The summed E-state index contributed by atoms with van der Waals surface area (Å²) in [5.74, 6) is -3.23. The van der Waals surface area contributed by atoms with Gasteiger partial charge in [-0.25, -0.2) is 8.78 Å². The molecular formula is C12H13F2NO3. The van der Waals surface area contributed by atoms with E-state index >= 15 is 0 Å². The minimum atomic E-state index is -0.994. The summed E-state index contributed by atoms with van der Waals surface area (Å²) in [6.07, 6.45) is 0.245. The first-order chi connectivity index (χ1) is 8.49. The molecule has 0 radical (unpaired) electrons. The summed E-state index contributed by atoms with van der Waals surface area (Å²) in [5, 5.41) is 10.9. The van der Waals surface area contributed by atoms with E-state index in [4.69, 9.17) is 5.11 Å². The number of carbonyl (C=O) groups excluding carboxylic acids is 1. The Morgan fingerprint density at radius 1 is 1.22 bits per heavy atom. The molecule has 0 unspecified atom stereocenters. The first kappa shape index (κ1) is 14.1. The van der Waals surface area contributed by atoms with Crippen LogP contribution < -0.4 is 5.32 Å². The Morgan fingerprint density at radius 3 is 2.56 bits per heavy atom. The molecule has 0 heterocycles. The van der Waals surface area contributed by atoms with Gasteiger partial charge in [-0.1, -0.05) is 6.07 Å². The van der Waals surface area contributed by atoms with Crippen LogP contribution in [-0.4, -0.2) is 23.5 Å². The maximum Gasteiger partial charge on any atom is 0.303 e. The highest BCUT2D eigenvalue weighted by Gasteiger charge is 2.07. The molecule has 0 aliphatic carbocycles. The molecule has 6 heteroatoms. The fourth-order valence-corrected chi connectivity index (χ4v) is 1.36. The SMILES string of the molecule is O=C(O)CCCNC(=O)Cc1ccc(F)c(F)c1. The third-order valence-electron chi connectivity index (χ3n) is 2.24. The second-order valence-corrected chi connectivity index (χ2v) is 3.77. The second-order valence-electron chi connectivity index (χ2n) is 3.77. The lowest BCUT2D eigenvalue weighted by Crippen LogP contribution is -2.26. The summed E-state index contributed by atoms with van der Waals surface area (Å²) in [6, 6.07) is 3.25. The van der Waals surface area contributed by atoms with E-state index in [1.54, 1.807) is 0 Å². The molecule has 0 spiro atoms. The molecule has 0 saturated heterocycles. The summed E-state index contributed by atoms with van der Waals surface area (Å²) >= 11 is 0. The minimum absolute atomic E-state index is 0.0224. The second kappa shape index (κ2) is 6.68. The van der Waals surface area contributed by atoms with Crippen LogP contribution in [0, 0.1) is 11.6 Å². The molecule has 0 atom stereocenters. The monoisotopic (exact) mass is 257 g/mol. The van der Waals surface area contributed by atoms with Crippen molar-refractivity contribution in [2.75, 3.05) is 6.54 Å². The summed E-state index contributed by atoms with van der Waals surface area (Å²) in [7, 11) is 0. The Kier molecular flexibility index (Phi) is 5.23. The number of aliphatic carboxylic acids is 1. The highest BCUT2D eigenvalue weighted by Crippen LogP contribution is 2.09. The van der Waals surface area contributed by atoms with E-state index in [0.717, 1.165) is 12.1 Å². The smallest absolute Gasteiger partial charge is 0.303 e. The summed E-state index contributed by atoms with van der Waals surface area (Å²) < 4.78 is 25.5. The molecule has 98 valence electrons. The lowest BCUT2D eigenvalue weighted by Gasteiger charge is -2.04. The predicted molar refractivity (Wildman–Crippen MR) is 59.9 cm³/mol. The summed E-state index contributed by atoms with van der Waals surface area (Å²) in [4.78, 5) is 21.6. The predicted octanol–water partition coefficient (Wildman–Crippen LogP) is 1.49. The van der Waals surface area contributed by atoms with Crippen molar-refractivity contribution in [3.8, 4) is 0 Å². The van der Waals surface area contributed by atoms with E-state index in [0.29, 0.717) is 12.0 Å². The van der Waals surface area contributed by atoms with Crippen molar-refractivity contribution in [2.45, 2.75) is 19.3 Å². The van der Waals surface area contributed by atoms with E-state index in [1.807, 2.05) is 0 Å². The quantitative estimate of drug-likeness (QED) is 0.759. The van der Waals surface area contributed by atoms with Crippen LogP contribution in [0.3, 0.4) is 0 Å². The summed E-state index contributed by atoms with van der Waals surface area (Å²) in [6.45, 7) is 0.245. The molecule has 0 aliphatic heterocycles. The number of rotatable bonds is 6. The number of hydrogen-bond donors (Lipinski definition) is 2. The number of amides is 1. The van der Waals surface area contributed by atoms with Gasteiger partial charge < -0.3 is 10.4 Å². The molecule has 1 rings (SSSR count). The average Bonchev–Trinajstić information content (AvgIpc) is 2.29. The zero-order valence-electron chi connectivity index (χ0n) is 9.58. The van der Waals surface area contributed by atoms with E-state index < -0.39 is 17.6 Å². The lowest BCUT2D eigenvalue weighted by molar-refractivity contribution is -0.137. The van der Waals surface area contributed by atoms with Gasteiger partial charge >= 0.3 is 5.97 Å². The lowest BCUT2D eigenvalue weighted by atomic mass is 10.1. The molecule has 2 N–H and O–H groups in total. The van der Waals surface area contributed by atoms with E-state index in [2.05, 4.69) is 5.32 Å². The topological polar surface area (TPSA) is 66.4 Å². The molecular weight excluding hydrogens is 244 g/mol. The van der Waals surface area contributed by atoms with Crippen LogP contribution in [0.15, 0.2) is 18.2 Å². The Balaban J connectivity index is 2.35. The number of carbonyl (C=O) groups is 2. The zero-order valence-corrected chi connectivity index (χ0v) is 9.58. The van der Waals surface area contributed by atoms with Gasteiger partial charge in [0.1, 0.15) is 0 Å². The minimum Gasteiger partial charge on any atom is -0.481 e. The van der Waals surface area contributed by atoms with Crippen molar-refractivity contribution >= 4 is 11.9 Å². The van der Waals surface area contributed by atoms with E-state index in [-0.39, 0.29) is 25.3 Å². The van der Waals surface area contributed by atoms with Crippen molar-refractivity contribution in [3.05, 3.63) is 35.4 Å². The number of benzene rings is 1. The van der Waals surface area contributed by atoms with Gasteiger partial charge in [-0.2, -0.15) is 0 Å². The van der Waals surface area contributed by atoms with Crippen molar-refractivity contribution in [2.24, 2.45) is 0 Å². The summed E-state index contributed by atoms with van der Waals surface area (Å²) in [5.41, 5.74) is 0.365. The van der Waals surface area contributed by atoms with Gasteiger partial charge in [0.05, 0.1) is 6.42 Å². The molecule has 1 aromatic rings. The number of hydrogen-bond acceptors (Lipinski definition) is 2. The van der Waals surface area contributed by atoms with Gasteiger partial charge in [-0.3, -0.25) is 9.59 Å². The normalized spacial score (nSPS) is 10.1. The average molecular weight is 257 g/mol. The van der Waals surface area contributed by atoms with Gasteiger partial charge in [-0.15, -0.1) is 0 Å². The number of nitrogens with one attached hydrogen (secondary N) is 1. The maximum absolute atomic E-state index is 12.9. The van der Waals surface area contributed by atoms with Gasteiger partial charge in [0.2, 0.25) is 5.91 Å². The molecule has 0 aromatic heterocycles. The number of halogens is 2. The molecule has 4 nitrogen and oxygen atoms in total. The molecule has 1 amide bonds. The van der Waals surface area contributed by atoms with Crippen LogP contribution in [0.5, 0.6) is 0 Å². The molecule has 0 saturated carbocycles. The zero-order chi connectivity index (χ0) is 13.5. The molecule has 0 bridgehead atoms. The van der Waals surface area contributed by atoms with Gasteiger partial charge in [-0.05, 0) is 24.1 Å². The fraction of sp³-hybridized carbons (Fsp3) is 0.333. The van der Waals surface area contributed by atoms with Crippen molar-refractivity contribution in [3.63, 3.8) is 0 Å². The third-order valence-corrected chi connectivity index (χ3v) is 2.24. The standard InChI is InChI=1S/C12H13F2NO3/c13-9-4-3-8(6-10(9)14)7-11(16)15-5-1-2-12(17)18/h3-4,6H,1-2,5,7H2,(H,15,16)(H,17,18).